The summed E-state index contributed by atoms with van der Waals surface area (Å²) in [6.45, 7) is 0. The number of hydrogen-bond donors (Lipinski definition) is 2. The monoisotopic (exact) mass is 427 g/mol. The van der Waals surface area contributed by atoms with Gasteiger partial charge in [0.15, 0.2) is 0 Å². The zero-order chi connectivity index (χ0) is 22.5. The highest BCUT2D eigenvalue weighted by Gasteiger charge is 2.12. The van der Waals surface area contributed by atoms with Gasteiger partial charge in [-0.05, 0) is 23.3 Å². The van der Waals surface area contributed by atoms with Gasteiger partial charge in [-0.2, -0.15) is 10.4 Å². The lowest BCUT2D eigenvalue weighted by Gasteiger charge is -2.06. The molecule has 0 saturated carbocycles. The predicted octanol–water partition coefficient (Wildman–Crippen LogP) is 4.70. The second-order valence-electron chi connectivity index (χ2n) is 6.73. The molecule has 0 unspecified atom stereocenters. The first kappa shape index (κ1) is 20.6. The van der Waals surface area contributed by atoms with E-state index >= 15 is 0 Å². The third-order valence-corrected chi connectivity index (χ3v) is 4.62. The maximum atomic E-state index is 13.9. The minimum Gasteiger partial charge on any atom is -0.290 e. The van der Waals surface area contributed by atoms with Gasteiger partial charge in [-0.25, -0.2) is 19.2 Å². The Labute approximate surface area is 181 Å². The van der Waals surface area contributed by atoms with Gasteiger partial charge in [0.2, 0.25) is 5.95 Å². The summed E-state index contributed by atoms with van der Waals surface area (Å²) >= 11 is 0. The molecule has 1 heterocycles. The Bertz CT molecular complexity index is 1390. The molecule has 0 atom stereocenters. The molecule has 0 bridgehead atoms. The minimum absolute atomic E-state index is 0.0779. The van der Waals surface area contributed by atoms with E-state index in [0.29, 0.717) is 22.3 Å². The first-order chi connectivity index (χ1) is 15.5. The van der Waals surface area contributed by atoms with Gasteiger partial charge >= 0.3 is 0 Å². The Kier molecular flexibility index (Phi) is 5.81. The van der Waals surface area contributed by atoms with Crippen molar-refractivity contribution in [3.05, 3.63) is 106 Å². The molecule has 1 aromatic heterocycles. The summed E-state index contributed by atoms with van der Waals surface area (Å²) in [6, 6.07) is 21.0. The highest BCUT2D eigenvalue weighted by molar-refractivity contribution is 5.81. The van der Waals surface area contributed by atoms with Gasteiger partial charge in [-0.1, -0.05) is 54.6 Å². The van der Waals surface area contributed by atoms with Gasteiger partial charge in [0.25, 0.3) is 5.56 Å². The van der Waals surface area contributed by atoms with Crippen LogP contribution < -0.4 is 11.0 Å². The van der Waals surface area contributed by atoms with E-state index in [1.165, 1.54) is 18.3 Å². The van der Waals surface area contributed by atoms with Gasteiger partial charge in [0.05, 0.1) is 11.9 Å². The number of nitrogens with one attached hydrogen (secondary N) is 2. The van der Waals surface area contributed by atoms with Crippen LogP contribution in [0.5, 0.6) is 0 Å². The molecule has 32 heavy (non-hydrogen) atoms. The largest absolute Gasteiger partial charge is 0.290 e. The number of hydrazone groups is 1. The number of nitrogens with zero attached hydrogens (tertiary/aromatic N) is 3. The minimum atomic E-state index is -0.641. The molecule has 6 nitrogen and oxygen atoms in total. The fraction of sp³-hybridized carbons (Fsp3) is 0. The van der Waals surface area contributed by atoms with Gasteiger partial charge in [-0.15, -0.1) is 0 Å². The van der Waals surface area contributed by atoms with Gasteiger partial charge < -0.3 is 0 Å². The van der Waals surface area contributed by atoms with Crippen molar-refractivity contribution in [3.8, 4) is 28.5 Å². The van der Waals surface area contributed by atoms with Crippen molar-refractivity contribution in [2.75, 3.05) is 5.43 Å². The van der Waals surface area contributed by atoms with Crippen molar-refractivity contribution in [3.63, 3.8) is 0 Å². The molecule has 0 aliphatic rings. The number of halogens is 2. The number of aromatic amines is 1. The van der Waals surface area contributed by atoms with E-state index in [2.05, 4.69) is 20.5 Å². The summed E-state index contributed by atoms with van der Waals surface area (Å²) in [7, 11) is 0. The molecule has 0 amide bonds. The van der Waals surface area contributed by atoms with Crippen LogP contribution >= 0.6 is 0 Å². The maximum Gasteiger partial charge on any atom is 0.270 e. The summed E-state index contributed by atoms with van der Waals surface area (Å²) in [6.07, 6.45) is 1.49. The molecule has 2 N–H and O–H groups in total. The topological polar surface area (TPSA) is 93.9 Å². The molecule has 0 saturated heterocycles. The molecule has 0 radical (unpaired) electrons. The molecule has 0 fully saturated rings. The number of aromatic nitrogens is 2. The van der Waals surface area contributed by atoms with E-state index in [1.54, 1.807) is 48.5 Å². The first-order valence-electron chi connectivity index (χ1n) is 9.49. The first-order valence-corrected chi connectivity index (χ1v) is 9.49. The standard InChI is InChI=1S/C24H15F2N5O/c25-18-10-11-19(21(26)12-18)16-8-6-15(7-9-16)14-28-31-24-29-22(17-4-2-1-3-5-17)20(13-27)23(32)30-24/h1-12,14H,(H2,29,30,31,32). The van der Waals surface area contributed by atoms with Crippen LogP contribution in [0.2, 0.25) is 0 Å². The van der Waals surface area contributed by atoms with Gasteiger partial charge in [0.1, 0.15) is 23.3 Å². The molecular formula is C24H15F2N5O. The lowest BCUT2D eigenvalue weighted by molar-refractivity contribution is 0.585. The van der Waals surface area contributed by atoms with Crippen LogP contribution in [0.1, 0.15) is 11.1 Å². The van der Waals surface area contributed by atoms with Crippen molar-refractivity contribution in [1.82, 2.24) is 9.97 Å². The summed E-state index contributed by atoms with van der Waals surface area (Å²) in [5, 5.41) is 13.4. The Morgan fingerprint density at radius 2 is 1.75 bits per heavy atom. The van der Waals surface area contributed by atoms with Gasteiger partial charge in [0, 0.05) is 17.2 Å². The Hall–Kier alpha value is -4.64. The van der Waals surface area contributed by atoms with Crippen molar-refractivity contribution < 1.29 is 8.78 Å². The molecule has 3 aromatic carbocycles. The summed E-state index contributed by atoms with van der Waals surface area (Å²) < 4.78 is 27.0. The number of anilines is 1. The van der Waals surface area contributed by atoms with Crippen LogP contribution in [0.25, 0.3) is 22.4 Å². The van der Waals surface area contributed by atoms with E-state index in [0.717, 1.165) is 6.07 Å². The van der Waals surface area contributed by atoms with Crippen LogP contribution in [0, 0.1) is 23.0 Å². The van der Waals surface area contributed by atoms with Crippen LogP contribution in [0.15, 0.2) is 82.7 Å². The van der Waals surface area contributed by atoms with Crippen molar-refractivity contribution in [2.45, 2.75) is 0 Å². The number of H-pyrrole nitrogens is 1. The van der Waals surface area contributed by atoms with E-state index < -0.39 is 17.2 Å². The third-order valence-electron chi connectivity index (χ3n) is 4.62. The van der Waals surface area contributed by atoms with Crippen LogP contribution in [-0.2, 0) is 0 Å². The average molecular weight is 427 g/mol. The van der Waals surface area contributed by atoms with E-state index in [4.69, 9.17) is 0 Å². The van der Waals surface area contributed by atoms with Crippen LogP contribution in [0.3, 0.4) is 0 Å². The number of benzene rings is 3. The van der Waals surface area contributed by atoms with Crippen LogP contribution in [-0.4, -0.2) is 16.2 Å². The normalized spacial score (nSPS) is 10.8. The van der Waals surface area contributed by atoms with E-state index in [1.807, 2.05) is 12.1 Å². The molecule has 0 aliphatic carbocycles. The fourth-order valence-corrected chi connectivity index (χ4v) is 3.08. The molecular weight excluding hydrogens is 412 g/mol. The van der Waals surface area contributed by atoms with Crippen molar-refractivity contribution in [2.24, 2.45) is 5.10 Å². The highest BCUT2D eigenvalue weighted by Crippen LogP contribution is 2.23. The second kappa shape index (κ2) is 9.02. The number of hydrogen-bond acceptors (Lipinski definition) is 5. The average Bonchev–Trinajstić information content (AvgIpc) is 2.80. The zero-order valence-electron chi connectivity index (χ0n) is 16.5. The molecule has 4 aromatic rings. The quantitative estimate of drug-likeness (QED) is 0.357. The Morgan fingerprint density at radius 1 is 1.00 bits per heavy atom. The van der Waals surface area contributed by atoms with E-state index in [9.17, 15) is 18.8 Å². The molecule has 0 spiro atoms. The number of rotatable bonds is 5. The predicted molar refractivity (Wildman–Crippen MR) is 118 cm³/mol. The molecule has 156 valence electrons. The molecule has 0 aliphatic heterocycles. The summed E-state index contributed by atoms with van der Waals surface area (Å²) in [4.78, 5) is 19.0. The second-order valence-corrected chi connectivity index (χ2v) is 6.73. The fourth-order valence-electron chi connectivity index (χ4n) is 3.08. The molecule has 4 rings (SSSR count). The lowest BCUT2D eigenvalue weighted by atomic mass is 10.0. The van der Waals surface area contributed by atoms with Crippen molar-refractivity contribution >= 4 is 12.2 Å². The SMILES string of the molecule is N#Cc1c(-c2ccccc2)nc(NN=Cc2ccc(-c3ccc(F)cc3F)cc2)[nH]c1=O. The lowest BCUT2D eigenvalue weighted by Crippen LogP contribution is -2.16. The highest BCUT2D eigenvalue weighted by atomic mass is 19.1. The van der Waals surface area contributed by atoms with Gasteiger partial charge in [-0.3, -0.25) is 9.78 Å². The Morgan fingerprint density at radius 3 is 2.44 bits per heavy atom. The summed E-state index contributed by atoms with van der Waals surface area (Å²) in [5.41, 5.74) is 4.45. The third kappa shape index (κ3) is 4.42. The zero-order valence-corrected chi connectivity index (χ0v) is 16.5. The summed E-state index contributed by atoms with van der Waals surface area (Å²) in [5.74, 6) is -1.20. The molecule has 8 heteroatoms. The van der Waals surface area contributed by atoms with Crippen LogP contribution in [0.4, 0.5) is 14.7 Å². The van der Waals surface area contributed by atoms with Crippen molar-refractivity contribution in [1.29, 1.82) is 5.26 Å². The number of nitriles is 1. The van der Waals surface area contributed by atoms with E-state index in [-0.39, 0.29) is 17.2 Å². The Balaban J connectivity index is 1.54. The smallest absolute Gasteiger partial charge is 0.270 e. The maximum absolute atomic E-state index is 13.9.